The van der Waals surface area contributed by atoms with E-state index in [2.05, 4.69) is 25.6 Å². The molecule has 144 valence electrons. The van der Waals surface area contributed by atoms with Crippen molar-refractivity contribution in [3.05, 3.63) is 99.8 Å². The van der Waals surface area contributed by atoms with E-state index in [0.717, 1.165) is 11.1 Å². The smallest absolute Gasteiger partial charge is 0.353 e. The first-order valence-electron chi connectivity index (χ1n) is 8.74. The highest BCUT2D eigenvalue weighted by Crippen LogP contribution is 2.35. The Morgan fingerprint density at radius 2 is 1.52 bits per heavy atom. The number of nitro groups is 1. The van der Waals surface area contributed by atoms with Crippen molar-refractivity contribution in [3.63, 3.8) is 0 Å². The molecule has 8 nitrogen and oxygen atoms in total. The summed E-state index contributed by atoms with van der Waals surface area (Å²) in [5, 5.41) is 20.3. The average Bonchev–Trinajstić information content (AvgIpc) is 3.26. The molecular formula is C20H16N6O2S. The van der Waals surface area contributed by atoms with Crippen LogP contribution in [0.4, 0.5) is 22.5 Å². The molecule has 0 aliphatic rings. The number of aromatic nitrogens is 3. The summed E-state index contributed by atoms with van der Waals surface area (Å²) >= 11 is 1.33. The van der Waals surface area contributed by atoms with Crippen LogP contribution < -0.4 is 10.6 Å². The third kappa shape index (κ3) is 4.19. The topological polar surface area (TPSA) is 106 Å². The molecule has 0 atom stereocenters. The fourth-order valence-electron chi connectivity index (χ4n) is 2.92. The molecule has 4 aromatic rings. The van der Waals surface area contributed by atoms with Gasteiger partial charge in [0.15, 0.2) is 5.13 Å². The second kappa shape index (κ2) is 8.44. The number of anilines is 3. The van der Waals surface area contributed by atoms with E-state index in [1.807, 2.05) is 60.7 Å². The molecular weight excluding hydrogens is 388 g/mol. The minimum atomic E-state index is -0.495. The molecule has 0 radical (unpaired) electrons. The molecule has 0 spiro atoms. The number of hydrogen-bond donors (Lipinski definition) is 2. The van der Waals surface area contributed by atoms with Gasteiger partial charge in [-0.2, -0.15) is 0 Å². The summed E-state index contributed by atoms with van der Waals surface area (Å²) in [6.07, 6.45) is 2.90. The van der Waals surface area contributed by atoms with Gasteiger partial charge < -0.3 is 10.6 Å². The normalized spacial score (nSPS) is 10.7. The second-order valence-corrected chi connectivity index (χ2v) is 6.93. The fourth-order valence-corrected chi connectivity index (χ4v) is 3.45. The zero-order valence-corrected chi connectivity index (χ0v) is 15.9. The van der Waals surface area contributed by atoms with Crippen LogP contribution in [0, 0.1) is 10.1 Å². The molecule has 0 aliphatic heterocycles. The molecule has 2 N–H and O–H groups in total. The van der Waals surface area contributed by atoms with Crippen LogP contribution in [0.15, 0.2) is 78.6 Å². The van der Waals surface area contributed by atoms with Crippen LogP contribution in [0.2, 0.25) is 0 Å². The molecule has 4 rings (SSSR count). The van der Waals surface area contributed by atoms with Crippen LogP contribution in [0.3, 0.4) is 0 Å². The van der Waals surface area contributed by atoms with Gasteiger partial charge in [0.1, 0.15) is 6.33 Å². The van der Waals surface area contributed by atoms with Crippen LogP contribution in [0.5, 0.6) is 0 Å². The van der Waals surface area contributed by atoms with Crippen molar-refractivity contribution in [2.45, 2.75) is 6.04 Å². The first-order chi connectivity index (χ1) is 14.2. The zero-order valence-electron chi connectivity index (χ0n) is 15.1. The zero-order chi connectivity index (χ0) is 20.1. The van der Waals surface area contributed by atoms with Gasteiger partial charge in [-0.3, -0.25) is 10.1 Å². The first-order valence-corrected chi connectivity index (χ1v) is 9.62. The molecule has 9 heteroatoms. The molecule has 0 aliphatic carbocycles. The van der Waals surface area contributed by atoms with Gasteiger partial charge in [-0.1, -0.05) is 60.7 Å². The number of thiazole rings is 1. The molecule has 0 saturated carbocycles. The summed E-state index contributed by atoms with van der Waals surface area (Å²) in [5.41, 5.74) is 1.68. The van der Waals surface area contributed by atoms with E-state index in [-0.39, 0.29) is 23.4 Å². The van der Waals surface area contributed by atoms with Crippen LogP contribution in [-0.4, -0.2) is 19.9 Å². The van der Waals surface area contributed by atoms with E-state index in [0.29, 0.717) is 5.13 Å². The lowest BCUT2D eigenvalue weighted by molar-refractivity contribution is -0.383. The van der Waals surface area contributed by atoms with E-state index < -0.39 is 4.92 Å². The first kappa shape index (κ1) is 18.5. The van der Waals surface area contributed by atoms with Crippen molar-refractivity contribution in [2.24, 2.45) is 0 Å². The van der Waals surface area contributed by atoms with Crippen molar-refractivity contribution in [3.8, 4) is 0 Å². The molecule has 29 heavy (non-hydrogen) atoms. The molecule has 0 saturated heterocycles. The standard InChI is InChI=1S/C20H16N6O2S/c27-26(28)17-18(22-13-23-19(17)25-20-21-11-12-29-20)24-16(14-7-3-1-4-8-14)15-9-5-2-6-10-15/h1-13,16H,(H2,21,22,23,24,25). The largest absolute Gasteiger partial charge is 0.353 e. The summed E-state index contributed by atoms with van der Waals surface area (Å²) in [5.74, 6) is 0.212. The van der Waals surface area contributed by atoms with Gasteiger partial charge in [0.2, 0.25) is 11.6 Å². The Kier molecular flexibility index (Phi) is 5.39. The number of nitrogens with zero attached hydrogens (tertiary/aromatic N) is 4. The Balaban J connectivity index is 1.75. The van der Waals surface area contributed by atoms with Gasteiger partial charge in [-0.15, -0.1) is 11.3 Å². The minimum Gasteiger partial charge on any atom is -0.353 e. The Bertz CT molecular complexity index is 1050. The Morgan fingerprint density at radius 1 is 0.897 bits per heavy atom. The summed E-state index contributed by atoms with van der Waals surface area (Å²) in [6, 6.07) is 19.1. The van der Waals surface area contributed by atoms with Crippen molar-refractivity contribution in [1.82, 2.24) is 15.0 Å². The predicted octanol–water partition coefficient (Wildman–Crippen LogP) is 4.79. The lowest BCUT2D eigenvalue weighted by Gasteiger charge is -2.20. The van der Waals surface area contributed by atoms with Crippen LogP contribution in [0.1, 0.15) is 17.2 Å². The van der Waals surface area contributed by atoms with Gasteiger partial charge >= 0.3 is 5.69 Å². The van der Waals surface area contributed by atoms with E-state index in [1.54, 1.807) is 11.6 Å². The number of hydrogen-bond acceptors (Lipinski definition) is 8. The lowest BCUT2D eigenvalue weighted by Crippen LogP contribution is -2.15. The second-order valence-electron chi connectivity index (χ2n) is 6.04. The Morgan fingerprint density at radius 3 is 2.07 bits per heavy atom. The van der Waals surface area contributed by atoms with Crippen molar-refractivity contribution in [1.29, 1.82) is 0 Å². The molecule has 2 aromatic heterocycles. The maximum Gasteiger partial charge on any atom is 0.353 e. The average molecular weight is 404 g/mol. The predicted molar refractivity (Wildman–Crippen MR) is 112 cm³/mol. The van der Waals surface area contributed by atoms with Crippen molar-refractivity contribution < 1.29 is 4.92 Å². The van der Waals surface area contributed by atoms with Gasteiger partial charge in [-0.25, -0.2) is 15.0 Å². The lowest BCUT2D eigenvalue weighted by atomic mass is 9.99. The van der Waals surface area contributed by atoms with E-state index in [1.165, 1.54) is 17.7 Å². The summed E-state index contributed by atoms with van der Waals surface area (Å²) in [7, 11) is 0. The highest BCUT2D eigenvalue weighted by Gasteiger charge is 2.26. The third-order valence-electron chi connectivity index (χ3n) is 4.21. The van der Waals surface area contributed by atoms with Gasteiger partial charge in [0.25, 0.3) is 0 Å². The van der Waals surface area contributed by atoms with Crippen LogP contribution in [0.25, 0.3) is 0 Å². The highest BCUT2D eigenvalue weighted by atomic mass is 32.1. The van der Waals surface area contributed by atoms with E-state index >= 15 is 0 Å². The van der Waals surface area contributed by atoms with Gasteiger partial charge in [0, 0.05) is 11.6 Å². The summed E-state index contributed by atoms with van der Waals surface area (Å²) in [6.45, 7) is 0. The molecule has 2 aromatic carbocycles. The summed E-state index contributed by atoms with van der Waals surface area (Å²) in [4.78, 5) is 23.7. The van der Waals surface area contributed by atoms with Crippen molar-refractivity contribution in [2.75, 3.05) is 10.6 Å². The number of nitrogens with one attached hydrogen (secondary N) is 2. The van der Waals surface area contributed by atoms with Gasteiger partial charge in [0.05, 0.1) is 11.0 Å². The van der Waals surface area contributed by atoms with Crippen LogP contribution >= 0.6 is 11.3 Å². The molecule has 2 heterocycles. The molecule has 0 bridgehead atoms. The molecule has 0 unspecified atom stereocenters. The van der Waals surface area contributed by atoms with Gasteiger partial charge in [-0.05, 0) is 11.1 Å². The maximum atomic E-state index is 11.9. The van der Waals surface area contributed by atoms with Crippen LogP contribution in [-0.2, 0) is 0 Å². The van der Waals surface area contributed by atoms with E-state index in [4.69, 9.17) is 0 Å². The van der Waals surface area contributed by atoms with Crippen molar-refractivity contribution >= 4 is 33.8 Å². The minimum absolute atomic E-state index is 0.0855. The SMILES string of the molecule is O=[N+]([O-])c1c(Nc2nccs2)ncnc1NC(c1ccccc1)c1ccccc1. The summed E-state index contributed by atoms with van der Waals surface area (Å²) < 4.78 is 0. The quantitative estimate of drug-likeness (QED) is 0.337. The molecule has 0 fully saturated rings. The third-order valence-corrected chi connectivity index (χ3v) is 4.90. The number of benzene rings is 2. The maximum absolute atomic E-state index is 11.9. The Labute approximate surface area is 170 Å². The monoisotopic (exact) mass is 404 g/mol. The highest BCUT2D eigenvalue weighted by molar-refractivity contribution is 7.13. The van der Waals surface area contributed by atoms with E-state index in [9.17, 15) is 10.1 Å². The number of rotatable bonds is 7. The fraction of sp³-hybridized carbons (Fsp3) is 0.0500. The molecule has 0 amide bonds. The Hall–Kier alpha value is -3.85.